The predicted octanol–water partition coefficient (Wildman–Crippen LogP) is 5.28. The maximum atomic E-state index is 13.4. The average Bonchev–Trinajstić information content (AvgIpc) is 3.64. The molecule has 2 atom stereocenters. The van der Waals surface area contributed by atoms with Gasteiger partial charge in [-0.3, -0.25) is 0 Å². The van der Waals surface area contributed by atoms with Crippen molar-refractivity contribution in [3.05, 3.63) is 59.9 Å². The van der Waals surface area contributed by atoms with Crippen LogP contribution in [0.4, 0.5) is 4.39 Å². The number of hydrogen-bond donors (Lipinski definition) is 1. The maximum Gasteiger partial charge on any atom is 0.255 e. The van der Waals surface area contributed by atoms with Gasteiger partial charge in [-0.05, 0) is 57.9 Å². The van der Waals surface area contributed by atoms with E-state index in [1.165, 1.54) is 18.4 Å². The van der Waals surface area contributed by atoms with Crippen LogP contribution in [0, 0.1) is 17.1 Å². The van der Waals surface area contributed by atoms with Gasteiger partial charge in [0.05, 0.1) is 41.2 Å². The van der Waals surface area contributed by atoms with Crippen LogP contribution in [0.5, 0.6) is 0 Å². The van der Waals surface area contributed by atoms with E-state index in [9.17, 15) is 13.9 Å². The second-order valence-electron chi connectivity index (χ2n) is 9.79. The molecule has 3 heterocycles. The summed E-state index contributed by atoms with van der Waals surface area (Å²) in [6.45, 7) is 6.56. The fraction of sp³-hybridized carbons (Fsp3) is 0.500. The van der Waals surface area contributed by atoms with Crippen LogP contribution in [0.3, 0.4) is 0 Å². The fourth-order valence-electron chi connectivity index (χ4n) is 4.04. The summed E-state index contributed by atoms with van der Waals surface area (Å²) >= 11 is 0. The summed E-state index contributed by atoms with van der Waals surface area (Å²) in [5, 5.41) is 9.74. The number of nitrogens with one attached hydrogen (secondary N) is 1. The number of aromatic nitrogens is 2. The molecule has 3 aromatic rings. The number of halogens is 1. The van der Waals surface area contributed by atoms with Gasteiger partial charge in [0, 0.05) is 12.0 Å². The van der Waals surface area contributed by atoms with E-state index in [2.05, 4.69) is 20.8 Å². The van der Waals surface area contributed by atoms with Crippen molar-refractivity contribution >= 4 is 11.0 Å². The van der Waals surface area contributed by atoms with Gasteiger partial charge in [-0.15, -0.1) is 0 Å². The monoisotopic (exact) mass is 530 g/mol. The molecule has 0 saturated carbocycles. The highest BCUT2D eigenvalue weighted by atomic mass is 32.2. The molecule has 1 aliphatic heterocycles. The first kappa shape index (κ1) is 27.1. The Morgan fingerprint density at radius 2 is 1.92 bits per heavy atom. The standard InChI is InChI=1S/C26H31FN4O5S/c1-25(2,3)37(32)31-20(22-21(17-28)30-23(36-22)18-8-10-19(27)11-9-18)7-5-4-6-12-26(34-15-16-35-26)24-29-13-14-33-24/h8-11,13-14,20,31H,4-7,12,15-16H2,1-3H3/t20-,37?/m0/s1. The van der Waals surface area contributed by atoms with Crippen LogP contribution in [0.2, 0.25) is 0 Å². The molecule has 37 heavy (non-hydrogen) atoms. The molecule has 9 nitrogen and oxygen atoms in total. The van der Waals surface area contributed by atoms with Gasteiger partial charge in [0.15, 0.2) is 11.5 Å². The van der Waals surface area contributed by atoms with E-state index in [0.29, 0.717) is 43.3 Å². The quantitative estimate of drug-likeness (QED) is 0.332. The van der Waals surface area contributed by atoms with Gasteiger partial charge in [-0.25, -0.2) is 18.3 Å². The summed E-state index contributed by atoms with van der Waals surface area (Å²) in [5.41, 5.74) is 0.659. The molecule has 4 rings (SSSR count). The molecule has 0 amide bonds. The van der Waals surface area contributed by atoms with Crippen molar-refractivity contribution in [2.24, 2.45) is 0 Å². The highest BCUT2D eigenvalue weighted by molar-refractivity contribution is 7.84. The van der Waals surface area contributed by atoms with Gasteiger partial charge >= 0.3 is 0 Å². The summed E-state index contributed by atoms with van der Waals surface area (Å²) in [7, 11) is -1.41. The van der Waals surface area contributed by atoms with Crippen LogP contribution in [-0.4, -0.2) is 32.1 Å². The molecular formula is C26H31FN4O5S. The Bertz CT molecular complexity index is 1230. The maximum absolute atomic E-state index is 13.4. The summed E-state index contributed by atoms with van der Waals surface area (Å²) in [4.78, 5) is 8.53. The van der Waals surface area contributed by atoms with E-state index in [1.807, 2.05) is 20.8 Å². The molecule has 1 N–H and O–H groups in total. The minimum Gasteiger partial charge on any atom is -0.444 e. The van der Waals surface area contributed by atoms with Crippen molar-refractivity contribution in [3.63, 3.8) is 0 Å². The number of unbranched alkanes of at least 4 members (excludes halogenated alkanes) is 2. The largest absolute Gasteiger partial charge is 0.444 e. The lowest BCUT2D eigenvalue weighted by Gasteiger charge is -2.24. The van der Waals surface area contributed by atoms with Crippen LogP contribution in [0.15, 0.2) is 45.6 Å². The highest BCUT2D eigenvalue weighted by Gasteiger charge is 2.42. The Morgan fingerprint density at radius 3 is 2.54 bits per heavy atom. The first-order valence-corrected chi connectivity index (χ1v) is 13.4. The van der Waals surface area contributed by atoms with Crippen molar-refractivity contribution < 1.29 is 26.9 Å². The molecule has 0 bridgehead atoms. The van der Waals surface area contributed by atoms with E-state index >= 15 is 0 Å². The fourth-order valence-corrected chi connectivity index (χ4v) is 4.87. The molecule has 0 aliphatic carbocycles. The molecule has 1 aromatic carbocycles. The van der Waals surface area contributed by atoms with E-state index < -0.39 is 27.6 Å². The number of nitrogens with zero attached hydrogens (tertiary/aromatic N) is 3. The van der Waals surface area contributed by atoms with E-state index in [4.69, 9.17) is 18.3 Å². The number of hydrogen-bond acceptors (Lipinski definition) is 8. The third-order valence-electron chi connectivity index (χ3n) is 5.98. The molecule has 198 valence electrons. The third-order valence-corrected chi connectivity index (χ3v) is 7.59. The Hall–Kier alpha value is -2.91. The molecule has 1 fully saturated rings. The molecule has 11 heteroatoms. The molecule has 0 spiro atoms. The lowest BCUT2D eigenvalue weighted by molar-refractivity contribution is -0.187. The van der Waals surface area contributed by atoms with E-state index in [1.54, 1.807) is 18.3 Å². The van der Waals surface area contributed by atoms with Crippen molar-refractivity contribution in [1.82, 2.24) is 14.7 Å². The number of rotatable bonds is 11. The number of benzene rings is 1. The smallest absolute Gasteiger partial charge is 0.255 e. The predicted molar refractivity (Wildman–Crippen MR) is 134 cm³/mol. The minimum absolute atomic E-state index is 0.110. The zero-order valence-corrected chi connectivity index (χ0v) is 22.0. The average molecular weight is 531 g/mol. The van der Waals surface area contributed by atoms with Gasteiger partial charge in [-0.2, -0.15) is 10.2 Å². The van der Waals surface area contributed by atoms with Gasteiger partial charge in [0.2, 0.25) is 11.7 Å². The Labute approximate surface area is 218 Å². The highest BCUT2D eigenvalue weighted by Crippen LogP contribution is 2.36. The van der Waals surface area contributed by atoms with Crippen LogP contribution >= 0.6 is 0 Å². The SMILES string of the molecule is CC(C)(C)S(=O)N[C@@H](CCCCCC1(c2ncco2)OCCO1)c1oc(-c2ccc(F)cc2)nc1C#N. The van der Waals surface area contributed by atoms with E-state index in [0.717, 1.165) is 19.3 Å². The van der Waals surface area contributed by atoms with Crippen molar-refractivity contribution in [2.75, 3.05) is 13.2 Å². The van der Waals surface area contributed by atoms with Crippen LogP contribution in [0.1, 0.15) is 76.3 Å². The van der Waals surface area contributed by atoms with Gasteiger partial charge in [0.25, 0.3) is 5.89 Å². The number of nitriles is 1. The molecule has 2 aromatic heterocycles. The summed E-state index contributed by atoms with van der Waals surface area (Å²) < 4.78 is 52.1. The van der Waals surface area contributed by atoms with Crippen molar-refractivity contribution in [1.29, 1.82) is 5.26 Å². The van der Waals surface area contributed by atoms with Crippen molar-refractivity contribution in [3.8, 4) is 17.5 Å². The van der Waals surface area contributed by atoms with E-state index in [-0.39, 0.29) is 17.4 Å². The molecule has 0 radical (unpaired) electrons. The van der Waals surface area contributed by atoms with Gasteiger partial charge in [0.1, 0.15) is 18.1 Å². The second kappa shape index (κ2) is 11.6. The van der Waals surface area contributed by atoms with Crippen LogP contribution in [0.25, 0.3) is 11.5 Å². The third kappa shape index (κ3) is 6.51. The second-order valence-corrected chi connectivity index (χ2v) is 11.8. The summed E-state index contributed by atoms with van der Waals surface area (Å²) in [6, 6.07) is 7.27. The van der Waals surface area contributed by atoms with Gasteiger partial charge < -0.3 is 18.3 Å². The number of oxazole rings is 2. The summed E-state index contributed by atoms with van der Waals surface area (Å²) in [5.74, 6) is -0.396. The lowest BCUT2D eigenvalue weighted by Crippen LogP contribution is -2.36. The Balaban J connectivity index is 1.46. The molecule has 1 aliphatic rings. The Kier molecular flexibility index (Phi) is 8.54. The molecular weight excluding hydrogens is 499 g/mol. The molecule has 1 saturated heterocycles. The minimum atomic E-state index is -1.41. The number of ether oxygens (including phenoxy) is 2. The molecule has 1 unspecified atom stereocenters. The first-order chi connectivity index (χ1) is 17.7. The topological polar surface area (TPSA) is 123 Å². The van der Waals surface area contributed by atoms with Crippen LogP contribution < -0.4 is 4.72 Å². The zero-order chi connectivity index (χ0) is 26.5. The summed E-state index contributed by atoms with van der Waals surface area (Å²) in [6.07, 6.45) is 6.55. The first-order valence-electron chi connectivity index (χ1n) is 12.2. The zero-order valence-electron chi connectivity index (χ0n) is 21.2. The normalized spacial score (nSPS) is 16.9. The Morgan fingerprint density at radius 1 is 1.19 bits per heavy atom. The lowest BCUT2D eigenvalue weighted by atomic mass is 10.0. The van der Waals surface area contributed by atoms with Crippen LogP contribution in [-0.2, 0) is 26.2 Å². The van der Waals surface area contributed by atoms with Crippen molar-refractivity contribution in [2.45, 2.75) is 69.5 Å². The van der Waals surface area contributed by atoms with Gasteiger partial charge in [-0.1, -0.05) is 12.8 Å².